The molecule has 2 N–H and O–H groups in total. The maximum absolute atomic E-state index is 11.6. The summed E-state index contributed by atoms with van der Waals surface area (Å²) in [6.45, 7) is 3.89. The normalized spacial score (nSPS) is 9.95. The molecule has 110 valence electrons. The van der Waals surface area contributed by atoms with Crippen molar-refractivity contribution in [3.05, 3.63) is 23.8 Å². The Morgan fingerprint density at radius 1 is 1.30 bits per heavy atom. The fourth-order valence-corrected chi connectivity index (χ4v) is 1.82. The fraction of sp³-hybridized carbons (Fsp3) is 0.467. The first-order valence-electron chi connectivity index (χ1n) is 6.78. The van der Waals surface area contributed by atoms with Crippen LogP contribution in [0.5, 0.6) is 5.75 Å². The second kappa shape index (κ2) is 8.19. The van der Waals surface area contributed by atoms with E-state index in [-0.39, 0.29) is 11.8 Å². The molecule has 0 saturated heterocycles. The molecule has 20 heavy (non-hydrogen) atoms. The molecule has 0 radical (unpaired) electrons. The zero-order valence-electron chi connectivity index (χ0n) is 12.3. The highest BCUT2D eigenvalue weighted by Crippen LogP contribution is 2.22. The summed E-state index contributed by atoms with van der Waals surface area (Å²) in [5, 5.41) is 5.57. The molecule has 0 aromatic heterocycles. The highest BCUT2D eigenvalue weighted by Gasteiger charge is 2.07. The molecule has 0 atom stereocenters. The van der Waals surface area contributed by atoms with Gasteiger partial charge in [-0.1, -0.05) is 13.3 Å². The van der Waals surface area contributed by atoms with Crippen molar-refractivity contribution in [2.75, 3.05) is 12.4 Å². The molecule has 0 heterocycles. The Hall–Kier alpha value is -2.04. The van der Waals surface area contributed by atoms with Crippen LogP contribution in [-0.2, 0) is 16.1 Å². The topological polar surface area (TPSA) is 67.4 Å². The molecule has 2 amide bonds. The van der Waals surface area contributed by atoms with Crippen molar-refractivity contribution in [3.8, 4) is 5.75 Å². The molecule has 0 unspecified atom stereocenters. The van der Waals surface area contributed by atoms with E-state index < -0.39 is 0 Å². The van der Waals surface area contributed by atoms with Gasteiger partial charge in [-0.3, -0.25) is 9.59 Å². The monoisotopic (exact) mass is 278 g/mol. The summed E-state index contributed by atoms with van der Waals surface area (Å²) in [6.07, 6.45) is 2.41. The van der Waals surface area contributed by atoms with Gasteiger partial charge in [0.1, 0.15) is 5.75 Å². The molecule has 5 nitrogen and oxygen atoms in total. The van der Waals surface area contributed by atoms with Crippen LogP contribution in [0.3, 0.4) is 0 Å². The fourth-order valence-electron chi connectivity index (χ4n) is 1.82. The Balaban J connectivity index is 2.70. The van der Waals surface area contributed by atoms with Crippen molar-refractivity contribution in [2.45, 2.75) is 39.7 Å². The maximum Gasteiger partial charge on any atom is 0.221 e. The van der Waals surface area contributed by atoms with Crippen molar-refractivity contribution in [1.82, 2.24) is 5.32 Å². The van der Waals surface area contributed by atoms with Crippen LogP contribution in [0.1, 0.15) is 38.7 Å². The highest BCUT2D eigenvalue weighted by atomic mass is 16.5. The summed E-state index contributed by atoms with van der Waals surface area (Å²) < 4.78 is 5.25. The molecule has 1 rings (SSSR count). The molecule has 1 aromatic carbocycles. The molecule has 5 heteroatoms. The lowest BCUT2D eigenvalue weighted by Crippen LogP contribution is -2.22. The SMILES string of the molecule is CCCCC(=O)NCc1cc(NC(C)=O)ccc1OC. The Labute approximate surface area is 119 Å². The highest BCUT2D eigenvalue weighted by molar-refractivity contribution is 5.88. The summed E-state index contributed by atoms with van der Waals surface area (Å²) in [5.41, 5.74) is 1.53. The second-order valence-corrected chi connectivity index (χ2v) is 4.59. The van der Waals surface area contributed by atoms with Crippen LogP contribution >= 0.6 is 0 Å². The Kier molecular flexibility index (Phi) is 6.56. The van der Waals surface area contributed by atoms with Crippen LogP contribution < -0.4 is 15.4 Å². The average Bonchev–Trinajstić information content (AvgIpc) is 2.42. The lowest BCUT2D eigenvalue weighted by Gasteiger charge is -2.12. The van der Waals surface area contributed by atoms with E-state index in [9.17, 15) is 9.59 Å². The smallest absolute Gasteiger partial charge is 0.221 e. The van der Waals surface area contributed by atoms with Crippen LogP contribution in [0, 0.1) is 0 Å². The van der Waals surface area contributed by atoms with Crippen LogP contribution in [0.25, 0.3) is 0 Å². The second-order valence-electron chi connectivity index (χ2n) is 4.59. The van der Waals surface area contributed by atoms with Gasteiger partial charge in [0.15, 0.2) is 0 Å². The van der Waals surface area contributed by atoms with E-state index in [1.54, 1.807) is 25.3 Å². The van der Waals surface area contributed by atoms with Gasteiger partial charge in [-0.25, -0.2) is 0 Å². The molecule has 0 aliphatic heterocycles. The Morgan fingerprint density at radius 2 is 2.05 bits per heavy atom. The van der Waals surface area contributed by atoms with Crippen LogP contribution in [0.2, 0.25) is 0 Å². The molecule has 1 aromatic rings. The van der Waals surface area contributed by atoms with Gasteiger partial charge in [0.2, 0.25) is 11.8 Å². The van der Waals surface area contributed by atoms with E-state index in [0.717, 1.165) is 18.4 Å². The van der Waals surface area contributed by atoms with Crippen LogP contribution in [0.15, 0.2) is 18.2 Å². The van der Waals surface area contributed by atoms with Crippen molar-refractivity contribution in [3.63, 3.8) is 0 Å². The molecule has 0 bridgehead atoms. The van der Waals surface area contributed by atoms with Crippen molar-refractivity contribution < 1.29 is 14.3 Å². The van der Waals surface area contributed by atoms with E-state index >= 15 is 0 Å². The molecular weight excluding hydrogens is 256 g/mol. The predicted octanol–water partition coefficient (Wildman–Crippen LogP) is 2.46. The standard InChI is InChI=1S/C15H22N2O3/c1-4-5-6-15(19)16-10-12-9-13(17-11(2)18)7-8-14(12)20-3/h7-9H,4-6,10H2,1-3H3,(H,16,19)(H,17,18). The minimum Gasteiger partial charge on any atom is -0.496 e. The number of unbranched alkanes of at least 4 members (excludes halogenated alkanes) is 1. The maximum atomic E-state index is 11.6. The van der Waals surface area contributed by atoms with E-state index in [1.165, 1.54) is 6.92 Å². The number of amides is 2. The Bertz CT molecular complexity index is 472. The lowest BCUT2D eigenvalue weighted by atomic mass is 10.1. The third-order valence-corrected chi connectivity index (χ3v) is 2.83. The number of carbonyl (C=O) groups is 2. The van der Waals surface area contributed by atoms with E-state index in [1.807, 2.05) is 6.92 Å². The lowest BCUT2D eigenvalue weighted by molar-refractivity contribution is -0.121. The van der Waals surface area contributed by atoms with Gasteiger partial charge in [0.25, 0.3) is 0 Å². The summed E-state index contributed by atoms with van der Waals surface area (Å²) in [5.74, 6) is 0.585. The number of hydrogen-bond acceptors (Lipinski definition) is 3. The quantitative estimate of drug-likeness (QED) is 0.805. The molecule has 0 fully saturated rings. The third-order valence-electron chi connectivity index (χ3n) is 2.83. The number of hydrogen-bond donors (Lipinski definition) is 2. The number of rotatable bonds is 7. The summed E-state index contributed by atoms with van der Waals surface area (Å²) >= 11 is 0. The van der Waals surface area contributed by atoms with Crippen molar-refractivity contribution in [1.29, 1.82) is 0 Å². The van der Waals surface area contributed by atoms with Crippen LogP contribution in [-0.4, -0.2) is 18.9 Å². The number of carbonyl (C=O) groups excluding carboxylic acids is 2. The van der Waals surface area contributed by atoms with Gasteiger partial charge in [0.05, 0.1) is 7.11 Å². The first-order valence-corrected chi connectivity index (χ1v) is 6.78. The summed E-state index contributed by atoms with van der Waals surface area (Å²) in [7, 11) is 1.58. The van der Waals surface area contributed by atoms with E-state index in [0.29, 0.717) is 24.4 Å². The number of anilines is 1. The summed E-state index contributed by atoms with van der Waals surface area (Å²) in [4.78, 5) is 22.7. The van der Waals surface area contributed by atoms with Gasteiger partial charge in [-0.2, -0.15) is 0 Å². The van der Waals surface area contributed by atoms with Gasteiger partial charge in [-0.05, 0) is 24.6 Å². The van der Waals surface area contributed by atoms with Gasteiger partial charge < -0.3 is 15.4 Å². The first-order chi connectivity index (χ1) is 9.56. The number of benzene rings is 1. The largest absolute Gasteiger partial charge is 0.496 e. The molecule has 0 saturated carbocycles. The van der Waals surface area contributed by atoms with Crippen molar-refractivity contribution in [2.24, 2.45) is 0 Å². The Morgan fingerprint density at radius 3 is 2.65 bits per heavy atom. The molecular formula is C15H22N2O3. The first kappa shape index (κ1) is 16.0. The molecule has 0 spiro atoms. The van der Waals surface area contributed by atoms with Gasteiger partial charge in [0, 0.05) is 31.1 Å². The van der Waals surface area contributed by atoms with E-state index in [4.69, 9.17) is 4.74 Å². The zero-order valence-corrected chi connectivity index (χ0v) is 12.3. The van der Waals surface area contributed by atoms with Gasteiger partial charge in [-0.15, -0.1) is 0 Å². The van der Waals surface area contributed by atoms with E-state index in [2.05, 4.69) is 10.6 Å². The zero-order chi connectivity index (χ0) is 15.0. The predicted molar refractivity (Wildman–Crippen MR) is 78.7 cm³/mol. The number of ether oxygens (including phenoxy) is 1. The van der Waals surface area contributed by atoms with Crippen LogP contribution in [0.4, 0.5) is 5.69 Å². The average molecular weight is 278 g/mol. The third kappa shape index (κ3) is 5.30. The van der Waals surface area contributed by atoms with Gasteiger partial charge >= 0.3 is 0 Å². The number of nitrogens with one attached hydrogen (secondary N) is 2. The molecule has 0 aliphatic carbocycles. The summed E-state index contributed by atoms with van der Waals surface area (Å²) in [6, 6.07) is 5.35. The van der Waals surface area contributed by atoms with Crippen molar-refractivity contribution >= 4 is 17.5 Å². The minimum absolute atomic E-state index is 0.0267. The minimum atomic E-state index is -0.131. The molecule has 0 aliphatic rings. The number of methoxy groups -OCH3 is 1.